The molecule has 0 saturated heterocycles. The molecule has 4 saturated carbocycles. The van der Waals surface area contributed by atoms with Crippen LogP contribution < -0.4 is 44.2 Å². The molecule has 0 unspecified atom stereocenters. The number of anilines is 8. The van der Waals surface area contributed by atoms with Crippen LogP contribution in [-0.4, -0.2) is 24.2 Å². The first-order valence-corrected chi connectivity index (χ1v) is 26.3. The summed E-state index contributed by atoms with van der Waals surface area (Å²) in [6, 6.07) is 34.4. The van der Waals surface area contributed by atoms with Crippen LogP contribution >= 0.6 is 0 Å². The molecule has 4 aromatic carbocycles. The van der Waals surface area contributed by atoms with Crippen molar-refractivity contribution in [3.05, 3.63) is 97.1 Å². The third-order valence-corrected chi connectivity index (χ3v) is 14.8. The van der Waals surface area contributed by atoms with Gasteiger partial charge in [0.2, 0.25) is 0 Å². The second-order valence-corrected chi connectivity index (χ2v) is 25.4. The van der Waals surface area contributed by atoms with E-state index in [-0.39, 0.29) is 22.3 Å². The van der Waals surface area contributed by atoms with E-state index in [9.17, 15) is 0 Å². The van der Waals surface area contributed by atoms with Gasteiger partial charge in [-0.3, -0.25) is 0 Å². The number of hydrogen-bond acceptors (Lipinski definition) is 8. The summed E-state index contributed by atoms with van der Waals surface area (Å²) in [5.74, 6) is 3.17. The fourth-order valence-electron chi connectivity index (χ4n) is 13.2. The van der Waals surface area contributed by atoms with E-state index in [1.54, 1.807) is 0 Å². The van der Waals surface area contributed by atoms with Crippen molar-refractivity contribution in [2.75, 3.05) is 44.2 Å². The van der Waals surface area contributed by atoms with Crippen LogP contribution in [0.1, 0.15) is 182 Å². The van der Waals surface area contributed by atoms with Crippen molar-refractivity contribution < 1.29 is 0 Å². The number of nitrogens with one attached hydrogen (secondary N) is 4. The topological polar surface area (TPSA) is 152 Å². The summed E-state index contributed by atoms with van der Waals surface area (Å²) in [4.78, 5) is 0. The number of para-hydroxylation sites is 8. The van der Waals surface area contributed by atoms with Crippen molar-refractivity contribution >= 4 is 45.5 Å². The van der Waals surface area contributed by atoms with E-state index in [0.29, 0.717) is 45.8 Å². The average Bonchev–Trinajstić information content (AvgIpc) is 3.19. The Labute approximate surface area is 436 Å². The van der Waals surface area contributed by atoms with Crippen LogP contribution in [0.5, 0.6) is 0 Å². The molecule has 0 amide bonds. The largest absolute Gasteiger partial charge is 0.397 e. The summed E-state index contributed by atoms with van der Waals surface area (Å²) in [6.45, 7) is 28.3. The Morgan fingerprint density at radius 3 is 0.634 bits per heavy atom. The lowest BCUT2D eigenvalue weighted by atomic mass is 9.70. The normalized spacial score (nSPS) is 26.5. The van der Waals surface area contributed by atoms with Gasteiger partial charge in [-0.05, 0) is 171 Å². The van der Waals surface area contributed by atoms with Gasteiger partial charge in [0.25, 0.3) is 0 Å². The van der Waals surface area contributed by atoms with Gasteiger partial charge in [0.15, 0.2) is 0 Å². The molecule has 0 aromatic heterocycles. The SMILES string of the molecule is C.C.C.C[C@@H]1C[C@@H](Nc2ccccc2N)CC(C)(C)C1.C[C@@H]1C[C@H](Nc2ccccc2N)CC(C)(C)C1.C[C@H]1C[C@@H](Nc2ccccc2N)CC(C)(C)C1.C[C@H]1C[C@H](Nc2ccccc2N)CC(C)(C)C1. The zero-order valence-corrected chi connectivity index (χ0v) is 44.7. The van der Waals surface area contributed by atoms with Crippen molar-refractivity contribution in [1.29, 1.82) is 0 Å². The van der Waals surface area contributed by atoms with Gasteiger partial charge in [0.05, 0.1) is 45.5 Å². The summed E-state index contributed by atoms with van der Waals surface area (Å²) < 4.78 is 0. The predicted molar refractivity (Wildman–Crippen MR) is 320 cm³/mol. The molecule has 400 valence electrons. The Hall–Kier alpha value is -4.72. The Bertz CT molecular complexity index is 1840. The maximum atomic E-state index is 5.98. The van der Waals surface area contributed by atoms with Gasteiger partial charge in [0.1, 0.15) is 0 Å². The lowest BCUT2D eigenvalue weighted by molar-refractivity contribution is 0.177. The summed E-state index contributed by atoms with van der Waals surface area (Å²) in [7, 11) is 0. The lowest BCUT2D eigenvalue weighted by Gasteiger charge is -2.39. The molecule has 4 fully saturated rings. The van der Waals surface area contributed by atoms with Crippen molar-refractivity contribution in [2.24, 2.45) is 45.3 Å². The molecule has 12 N–H and O–H groups in total. The van der Waals surface area contributed by atoms with E-state index in [4.69, 9.17) is 22.9 Å². The zero-order chi connectivity index (χ0) is 49.9. The molecule has 0 radical (unpaired) electrons. The third-order valence-electron chi connectivity index (χ3n) is 14.8. The van der Waals surface area contributed by atoms with Crippen LogP contribution in [0.4, 0.5) is 45.5 Å². The molecule has 8 heteroatoms. The van der Waals surface area contributed by atoms with E-state index >= 15 is 0 Å². The van der Waals surface area contributed by atoms with Crippen LogP contribution in [0.2, 0.25) is 0 Å². The first-order chi connectivity index (χ1) is 31.8. The van der Waals surface area contributed by atoms with Gasteiger partial charge in [-0.25, -0.2) is 0 Å². The van der Waals surface area contributed by atoms with Crippen molar-refractivity contribution in [2.45, 2.75) is 207 Å². The highest BCUT2D eigenvalue weighted by Gasteiger charge is 2.35. The summed E-state index contributed by atoms with van der Waals surface area (Å²) >= 11 is 0. The molecule has 0 bridgehead atoms. The number of benzene rings is 4. The minimum Gasteiger partial charge on any atom is -0.397 e. The van der Waals surface area contributed by atoms with E-state index < -0.39 is 0 Å². The number of nitrogens with two attached hydrogens (primary N) is 4. The fraction of sp³-hybridized carbons (Fsp3) is 0.619. The summed E-state index contributed by atoms with van der Waals surface area (Å²) in [5.41, 5.74) is 33.4. The van der Waals surface area contributed by atoms with Gasteiger partial charge in [-0.15, -0.1) is 0 Å². The summed E-state index contributed by atoms with van der Waals surface area (Å²) in [5, 5.41) is 14.4. The lowest BCUT2D eigenvalue weighted by Crippen LogP contribution is -2.35. The first kappa shape index (κ1) is 62.4. The van der Waals surface area contributed by atoms with Gasteiger partial charge < -0.3 is 44.2 Å². The number of hydrogen-bond donors (Lipinski definition) is 8. The van der Waals surface area contributed by atoms with Gasteiger partial charge >= 0.3 is 0 Å². The fourth-order valence-corrected chi connectivity index (χ4v) is 13.2. The minimum atomic E-state index is 0. The molecule has 8 rings (SSSR count). The highest BCUT2D eigenvalue weighted by molar-refractivity contribution is 5.68. The van der Waals surface area contributed by atoms with E-state index in [1.165, 1.54) is 77.0 Å². The highest BCUT2D eigenvalue weighted by atomic mass is 15.0. The maximum absolute atomic E-state index is 5.98. The van der Waals surface area contributed by atoms with E-state index in [2.05, 4.69) is 129 Å². The molecule has 8 nitrogen and oxygen atoms in total. The molecule has 4 aliphatic rings. The highest BCUT2D eigenvalue weighted by Crippen LogP contribution is 2.43. The number of nitrogen functional groups attached to an aromatic ring is 4. The van der Waals surface area contributed by atoms with Crippen molar-refractivity contribution in [3.63, 3.8) is 0 Å². The molecule has 0 aliphatic heterocycles. The first-order valence-electron chi connectivity index (χ1n) is 26.3. The number of rotatable bonds is 8. The second-order valence-electron chi connectivity index (χ2n) is 25.4. The molecule has 0 heterocycles. The molecular weight excluding hydrogens is 869 g/mol. The van der Waals surface area contributed by atoms with Crippen LogP contribution in [-0.2, 0) is 0 Å². The standard InChI is InChI=1S/4C15H24N2.3CH4/c4*1-11-8-12(10-15(2,3)9-11)17-14-7-5-4-6-13(14)16;;;/h4*4-7,11-12,17H,8-10,16H2,1-3H3;3*1H4/t2*11-,12+;2*11-,12-;;;/m1010.../s1. The second kappa shape index (κ2) is 27.4. The van der Waals surface area contributed by atoms with Crippen molar-refractivity contribution in [1.82, 2.24) is 0 Å². The van der Waals surface area contributed by atoms with E-state index in [0.717, 1.165) is 69.2 Å². The van der Waals surface area contributed by atoms with Gasteiger partial charge in [0, 0.05) is 24.2 Å². The molecule has 71 heavy (non-hydrogen) atoms. The van der Waals surface area contributed by atoms with Crippen molar-refractivity contribution in [3.8, 4) is 0 Å². The molecule has 0 spiro atoms. The maximum Gasteiger partial charge on any atom is 0.0576 e. The van der Waals surface area contributed by atoms with Crippen LogP contribution in [0.3, 0.4) is 0 Å². The molecule has 4 aromatic rings. The Kier molecular flexibility index (Phi) is 24.1. The zero-order valence-electron chi connectivity index (χ0n) is 44.7. The monoisotopic (exact) mass is 977 g/mol. The quantitative estimate of drug-likeness (QED) is 0.0813. The van der Waals surface area contributed by atoms with Crippen LogP contribution in [0.15, 0.2) is 97.1 Å². The molecule has 8 atom stereocenters. The average molecular weight is 978 g/mol. The molecule has 4 aliphatic carbocycles. The third kappa shape index (κ3) is 21.1. The molecular formula is C63H108N8. The Morgan fingerprint density at radius 2 is 0.479 bits per heavy atom. The smallest absolute Gasteiger partial charge is 0.0576 e. The minimum absolute atomic E-state index is 0. The van der Waals surface area contributed by atoms with Crippen LogP contribution in [0, 0.1) is 45.3 Å². The predicted octanol–water partition coefficient (Wildman–Crippen LogP) is 17.5. The Morgan fingerprint density at radius 1 is 0.310 bits per heavy atom. The Balaban J connectivity index is 0.000000320. The van der Waals surface area contributed by atoms with Gasteiger partial charge in [-0.2, -0.15) is 0 Å². The van der Waals surface area contributed by atoms with E-state index in [1.807, 2.05) is 72.8 Å². The van der Waals surface area contributed by atoms with Crippen LogP contribution in [0.25, 0.3) is 0 Å². The summed E-state index contributed by atoms with van der Waals surface area (Å²) in [6.07, 6.45) is 15.2. The van der Waals surface area contributed by atoms with Gasteiger partial charge in [-0.1, -0.05) is 154 Å².